The van der Waals surface area contributed by atoms with Crippen LogP contribution in [0.2, 0.25) is 0 Å². The van der Waals surface area contributed by atoms with Crippen LogP contribution in [0.1, 0.15) is 16.9 Å². The number of fused-ring (bicyclic) bond motifs is 3. The van der Waals surface area contributed by atoms with Gasteiger partial charge in [0.2, 0.25) is 5.43 Å². The summed E-state index contributed by atoms with van der Waals surface area (Å²) in [7, 11) is 4.82. The molecule has 1 aliphatic rings. The number of methoxy groups -OCH3 is 3. The fourth-order valence-electron chi connectivity index (χ4n) is 4.67. The highest BCUT2D eigenvalue weighted by Gasteiger charge is 2.24. The van der Waals surface area contributed by atoms with Crippen LogP contribution in [-0.4, -0.2) is 39.5 Å². The molecule has 36 heavy (non-hydrogen) atoms. The van der Waals surface area contributed by atoms with E-state index in [1.54, 1.807) is 39.5 Å². The minimum absolute atomic E-state index is 0.0841. The normalized spacial score (nSPS) is 13.2. The average molecular weight is 488 g/mol. The van der Waals surface area contributed by atoms with Crippen LogP contribution < -0.4 is 24.4 Å². The highest BCUT2D eigenvalue weighted by Crippen LogP contribution is 2.36. The molecule has 3 aromatic carbocycles. The summed E-state index contributed by atoms with van der Waals surface area (Å²) in [6.07, 6.45) is 0.875. The summed E-state index contributed by atoms with van der Waals surface area (Å²) >= 11 is 0. The molecular weight excluding hydrogens is 458 g/mol. The van der Waals surface area contributed by atoms with E-state index in [1.165, 1.54) is 5.56 Å². The number of hydrogen-bond donors (Lipinski definition) is 0. The van der Waals surface area contributed by atoms with Gasteiger partial charge in [-0.2, -0.15) is 0 Å². The van der Waals surface area contributed by atoms with Crippen molar-refractivity contribution in [2.75, 3.05) is 34.6 Å². The summed E-state index contributed by atoms with van der Waals surface area (Å²) in [4.78, 5) is 15.8. The largest absolute Gasteiger partial charge is 0.497 e. The molecule has 7 heteroatoms. The van der Waals surface area contributed by atoms with Crippen molar-refractivity contribution in [2.45, 2.75) is 19.9 Å². The third kappa shape index (κ3) is 4.38. The number of rotatable bonds is 7. The standard InChI is InChI=1S/C29H29NO6/c1-18-27(20-7-11-25(33-3)26(15-20)34-4)28(31)22-10-12-24-23(29(22)36-18)16-30(17-35-24)14-13-19-5-8-21(32-2)9-6-19/h5-12,15H,13-14,16-17H2,1-4H3. The summed E-state index contributed by atoms with van der Waals surface area (Å²) in [5.74, 6) is 3.30. The lowest BCUT2D eigenvalue weighted by Crippen LogP contribution is -2.33. The molecule has 1 aromatic heterocycles. The Kier molecular flexibility index (Phi) is 6.57. The maximum absolute atomic E-state index is 13.6. The molecular formula is C29H29NO6. The molecule has 5 rings (SSSR count). The topological polar surface area (TPSA) is 70.4 Å². The SMILES string of the molecule is COc1ccc(CCN2COc3ccc4c(=O)c(-c5ccc(OC)c(OC)c5)c(C)oc4c3C2)cc1. The molecule has 0 aliphatic carbocycles. The molecule has 0 N–H and O–H groups in total. The molecule has 0 spiro atoms. The molecule has 0 saturated carbocycles. The summed E-state index contributed by atoms with van der Waals surface area (Å²) in [6, 6.07) is 17.2. The summed E-state index contributed by atoms with van der Waals surface area (Å²) in [5, 5.41) is 0.532. The lowest BCUT2D eigenvalue weighted by Gasteiger charge is -2.29. The maximum atomic E-state index is 13.6. The van der Waals surface area contributed by atoms with Crippen LogP contribution in [0.25, 0.3) is 22.1 Å². The van der Waals surface area contributed by atoms with Crippen molar-refractivity contribution in [3.05, 3.63) is 81.7 Å². The summed E-state index contributed by atoms with van der Waals surface area (Å²) in [5.41, 5.74) is 3.84. The van der Waals surface area contributed by atoms with Crippen molar-refractivity contribution in [1.29, 1.82) is 0 Å². The van der Waals surface area contributed by atoms with Crippen LogP contribution in [0, 0.1) is 6.92 Å². The molecule has 2 heterocycles. The van der Waals surface area contributed by atoms with Gasteiger partial charge in [0.15, 0.2) is 11.5 Å². The lowest BCUT2D eigenvalue weighted by molar-refractivity contribution is 0.0968. The second kappa shape index (κ2) is 9.95. The van der Waals surface area contributed by atoms with Crippen LogP contribution in [-0.2, 0) is 13.0 Å². The second-order valence-electron chi connectivity index (χ2n) is 8.78. The minimum Gasteiger partial charge on any atom is -0.497 e. The number of hydrogen-bond acceptors (Lipinski definition) is 7. The quantitative estimate of drug-likeness (QED) is 0.355. The first-order valence-electron chi connectivity index (χ1n) is 11.8. The van der Waals surface area contributed by atoms with Crippen molar-refractivity contribution < 1.29 is 23.4 Å². The number of benzene rings is 3. The summed E-state index contributed by atoms with van der Waals surface area (Å²) < 4.78 is 28.3. The van der Waals surface area contributed by atoms with Gasteiger partial charge in [0, 0.05) is 13.1 Å². The van der Waals surface area contributed by atoms with Crippen molar-refractivity contribution in [2.24, 2.45) is 0 Å². The Morgan fingerprint density at radius 1 is 0.917 bits per heavy atom. The smallest absolute Gasteiger partial charge is 0.200 e. The van der Waals surface area contributed by atoms with E-state index in [-0.39, 0.29) is 5.43 Å². The number of aryl methyl sites for hydroxylation is 1. The average Bonchev–Trinajstić information content (AvgIpc) is 2.91. The van der Waals surface area contributed by atoms with Crippen molar-refractivity contribution in [3.8, 4) is 34.1 Å². The Balaban J connectivity index is 1.46. The van der Waals surface area contributed by atoms with Gasteiger partial charge < -0.3 is 23.4 Å². The predicted molar refractivity (Wildman–Crippen MR) is 138 cm³/mol. The van der Waals surface area contributed by atoms with Gasteiger partial charge in [-0.15, -0.1) is 0 Å². The first kappa shape index (κ1) is 23.8. The van der Waals surface area contributed by atoms with Gasteiger partial charge in [-0.25, -0.2) is 0 Å². The van der Waals surface area contributed by atoms with Gasteiger partial charge in [-0.05, 0) is 60.9 Å². The zero-order valence-electron chi connectivity index (χ0n) is 20.9. The zero-order valence-corrected chi connectivity index (χ0v) is 20.9. The lowest BCUT2D eigenvalue weighted by atomic mass is 10.00. The Bertz CT molecular complexity index is 1460. The molecule has 0 atom stereocenters. The maximum Gasteiger partial charge on any atom is 0.200 e. The molecule has 0 fully saturated rings. The Morgan fingerprint density at radius 2 is 1.69 bits per heavy atom. The third-order valence-corrected chi connectivity index (χ3v) is 6.63. The van der Waals surface area contributed by atoms with E-state index in [4.69, 9.17) is 23.4 Å². The fourth-order valence-corrected chi connectivity index (χ4v) is 4.67. The second-order valence-corrected chi connectivity index (χ2v) is 8.78. The van der Waals surface area contributed by atoms with E-state index in [1.807, 2.05) is 31.2 Å². The van der Waals surface area contributed by atoms with E-state index in [9.17, 15) is 4.79 Å². The van der Waals surface area contributed by atoms with E-state index in [2.05, 4.69) is 17.0 Å². The van der Waals surface area contributed by atoms with Crippen molar-refractivity contribution in [1.82, 2.24) is 4.90 Å². The first-order chi connectivity index (χ1) is 17.5. The van der Waals surface area contributed by atoms with Gasteiger partial charge in [0.1, 0.15) is 29.6 Å². The Labute approximate surface area is 209 Å². The Morgan fingerprint density at radius 3 is 2.42 bits per heavy atom. The molecule has 0 radical (unpaired) electrons. The molecule has 7 nitrogen and oxygen atoms in total. The van der Waals surface area contributed by atoms with Crippen molar-refractivity contribution >= 4 is 11.0 Å². The van der Waals surface area contributed by atoms with Gasteiger partial charge in [-0.3, -0.25) is 9.69 Å². The van der Waals surface area contributed by atoms with Crippen LogP contribution in [0.3, 0.4) is 0 Å². The molecule has 0 unspecified atom stereocenters. The van der Waals surface area contributed by atoms with Crippen LogP contribution in [0.4, 0.5) is 0 Å². The molecule has 4 aromatic rings. The van der Waals surface area contributed by atoms with Crippen molar-refractivity contribution in [3.63, 3.8) is 0 Å². The molecule has 0 saturated heterocycles. The number of nitrogens with zero attached hydrogens (tertiary/aromatic N) is 1. The highest BCUT2D eigenvalue weighted by molar-refractivity contribution is 5.87. The molecule has 1 aliphatic heterocycles. The van der Waals surface area contributed by atoms with Crippen LogP contribution in [0.5, 0.6) is 23.0 Å². The Hall–Kier alpha value is -3.97. The van der Waals surface area contributed by atoms with E-state index >= 15 is 0 Å². The van der Waals surface area contributed by atoms with Gasteiger partial charge in [0.05, 0.1) is 37.8 Å². The van der Waals surface area contributed by atoms with E-state index < -0.39 is 0 Å². The van der Waals surface area contributed by atoms with Gasteiger partial charge in [0.25, 0.3) is 0 Å². The van der Waals surface area contributed by atoms with Crippen LogP contribution >= 0.6 is 0 Å². The van der Waals surface area contributed by atoms with Gasteiger partial charge in [-0.1, -0.05) is 18.2 Å². The monoisotopic (exact) mass is 487 g/mol. The number of ether oxygens (including phenoxy) is 4. The zero-order chi connectivity index (χ0) is 25.2. The van der Waals surface area contributed by atoms with E-state index in [0.717, 1.165) is 35.6 Å². The third-order valence-electron chi connectivity index (χ3n) is 6.63. The minimum atomic E-state index is -0.0841. The molecule has 0 amide bonds. The van der Waals surface area contributed by atoms with Crippen LogP contribution in [0.15, 0.2) is 63.8 Å². The molecule has 186 valence electrons. The highest BCUT2D eigenvalue weighted by atomic mass is 16.5. The van der Waals surface area contributed by atoms with Gasteiger partial charge >= 0.3 is 0 Å². The fraction of sp³-hybridized carbons (Fsp3) is 0.276. The summed E-state index contributed by atoms with van der Waals surface area (Å²) in [6.45, 7) is 3.76. The molecule has 0 bridgehead atoms. The predicted octanol–water partition coefficient (Wildman–Crippen LogP) is 5.19. The van der Waals surface area contributed by atoms with E-state index in [0.29, 0.717) is 47.1 Å². The first-order valence-corrected chi connectivity index (χ1v) is 11.8.